The van der Waals surface area contributed by atoms with Gasteiger partial charge in [-0.3, -0.25) is 0 Å². The van der Waals surface area contributed by atoms with Crippen molar-refractivity contribution in [3.05, 3.63) is 60.7 Å². The molecule has 0 unspecified atom stereocenters. The Morgan fingerprint density at radius 1 is 0.792 bits per heavy atom. The van der Waals surface area contributed by atoms with E-state index in [0.717, 1.165) is 6.61 Å². The van der Waals surface area contributed by atoms with Gasteiger partial charge in [-0.15, -0.1) is 0 Å². The van der Waals surface area contributed by atoms with Crippen LogP contribution in [0, 0.1) is 11.8 Å². The van der Waals surface area contributed by atoms with Gasteiger partial charge in [0.15, 0.2) is 0 Å². The normalized spacial score (nSPS) is 14.0. The molecular weight excluding hydrogens is 308 g/mol. The zero-order chi connectivity index (χ0) is 17.8. The van der Waals surface area contributed by atoms with Gasteiger partial charge in [0.05, 0.1) is 0 Å². The molecule has 0 saturated carbocycles. The van der Waals surface area contributed by atoms with Crippen LogP contribution in [0.4, 0.5) is 0 Å². The lowest BCUT2D eigenvalue weighted by Gasteiger charge is -2.43. The van der Waals surface area contributed by atoms with Crippen LogP contribution in [-0.4, -0.2) is 14.9 Å². The average Bonchev–Trinajstić information content (AvgIpc) is 2.56. The second-order valence-corrected chi connectivity index (χ2v) is 12.5. The molecule has 0 N–H and O–H groups in total. The number of benzene rings is 2. The van der Waals surface area contributed by atoms with Crippen LogP contribution >= 0.6 is 0 Å². The molecule has 130 valence electrons. The molecule has 0 bridgehead atoms. The van der Waals surface area contributed by atoms with Gasteiger partial charge in [-0.05, 0) is 27.2 Å². The third-order valence-electron chi connectivity index (χ3n) is 5.12. The molecule has 0 saturated heterocycles. The van der Waals surface area contributed by atoms with Crippen molar-refractivity contribution in [1.82, 2.24) is 0 Å². The largest absolute Gasteiger partial charge is 0.407 e. The van der Waals surface area contributed by atoms with Gasteiger partial charge in [0.25, 0.3) is 8.32 Å². The molecule has 0 heterocycles. The summed E-state index contributed by atoms with van der Waals surface area (Å²) in [5.74, 6) is 1.18. The maximum Gasteiger partial charge on any atom is 0.261 e. The summed E-state index contributed by atoms with van der Waals surface area (Å²) in [4.78, 5) is 0. The quantitative estimate of drug-likeness (QED) is 0.683. The summed E-state index contributed by atoms with van der Waals surface area (Å²) < 4.78 is 6.93. The molecule has 0 aromatic heterocycles. The van der Waals surface area contributed by atoms with E-state index >= 15 is 0 Å². The summed E-state index contributed by atoms with van der Waals surface area (Å²) in [6.07, 6.45) is 0. The zero-order valence-electron chi connectivity index (χ0n) is 16.0. The Labute approximate surface area is 149 Å². The highest BCUT2D eigenvalue weighted by Gasteiger charge is 2.50. The topological polar surface area (TPSA) is 9.23 Å². The maximum atomic E-state index is 6.93. The Kier molecular flexibility index (Phi) is 6.05. The van der Waals surface area contributed by atoms with Gasteiger partial charge in [-0.25, -0.2) is 0 Å². The van der Waals surface area contributed by atoms with Crippen LogP contribution in [0.5, 0.6) is 0 Å². The SMILES string of the molecule is CC(C)[C@H](C)CO[Si](c1ccccc1)(c1ccccc1)C(C)(C)C. The summed E-state index contributed by atoms with van der Waals surface area (Å²) in [6, 6.07) is 21.8. The molecule has 0 radical (unpaired) electrons. The molecule has 1 nitrogen and oxygen atoms in total. The van der Waals surface area contributed by atoms with Crippen LogP contribution in [0.3, 0.4) is 0 Å². The first-order chi connectivity index (χ1) is 11.3. The van der Waals surface area contributed by atoms with Crippen molar-refractivity contribution in [2.24, 2.45) is 11.8 Å². The van der Waals surface area contributed by atoms with E-state index in [2.05, 4.69) is 102 Å². The van der Waals surface area contributed by atoms with Crippen LogP contribution in [0.1, 0.15) is 41.5 Å². The lowest BCUT2D eigenvalue weighted by Crippen LogP contribution is -2.66. The smallest absolute Gasteiger partial charge is 0.261 e. The highest BCUT2D eigenvalue weighted by molar-refractivity contribution is 6.99. The first-order valence-electron chi connectivity index (χ1n) is 9.04. The van der Waals surface area contributed by atoms with E-state index in [-0.39, 0.29) is 5.04 Å². The molecule has 0 aliphatic carbocycles. The van der Waals surface area contributed by atoms with Crippen LogP contribution < -0.4 is 10.4 Å². The Morgan fingerprint density at radius 2 is 1.21 bits per heavy atom. The lowest BCUT2D eigenvalue weighted by atomic mass is 10.00. The molecule has 2 heteroatoms. The highest BCUT2D eigenvalue weighted by atomic mass is 28.4. The van der Waals surface area contributed by atoms with Gasteiger partial charge in [0, 0.05) is 6.61 Å². The van der Waals surface area contributed by atoms with Crippen LogP contribution in [0.2, 0.25) is 5.04 Å². The minimum absolute atomic E-state index is 0.0619. The molecule has 2 aromatic carbocycles. The second-order valence-electron chi connectivity index (χ2n) is 8.20. The fourth-order valence-electron chi connectivity index (χ4n) is 3.21. The predicted molar refractivity (Wildman–Crippen MR) is 108 cm³/mol. The summed E-state index contributed by atoms with van der Waals surface area (Å²) in [7, 11) is -2.36. The van der Waals surface area contributed by atoms with Gasteiger partial charge >= 0.3 is 0 Å². The third kappa shape index (κ3) is 3.81. The van der Waals surface area contributed by atoms with Gasteiger partial charge in [0.1, 0.15) is 0 Å². The average molecular weight is 341 g/mol. The molecule has 24 heavy (non-hydrogen) atoms. The maximum absolute atomic E-state index is 6.93. The van der Waals surface area contributed by atoms with Crippen molar-refractivity contribution in [3.8, 4) is 0 Å². The van der Waals surface area contributed by atoms with E-state index in [0.29, 0.717) is 11.8 Å². The fraction of sp³-hybridized carbons (Fsp3) is 0.455. The van der Waals surface area contributed by atoms with E-state index in [1.807, 2.05) is 0 Å². The predicted octanol–water partition coefficient (Wildman–Crippen LogP) is 4.86. The molecule has 0 aliphatic heterocycles. The van der Waals surface area contributed by atoms with Gasteiger partial charge in [-0.2, -0.15) is 0 Å². The Hall–Kier alpha value is -1.38. The molecular formula is C22H32OSi. The number of hydrogen-bond acceptors (Lipinski definition) is 1. The standard InChI is InChI=1S/C22H32OSi/c1-18(2)19(3)17-23-24(22(4,5)6,20-13-9-7-10-14-20)21-15-11-8-12-16-21/h7-16,18-19H,17H2,1-6H3/t19-/m1/s1. The highest BCUT2D eigenvalue weighted by Crippen LogP contribution is 2.37. The summed E-state index contributed by atoms with van der Waals surface area (Å²) in [6.45, 7) is 14.7. The second kappa shape index (κ2) is 7.67. The van der Waals surface area contributed by atoms with Crippen molar-refractivity contribution < 1.29 is 4.43 Å². The molecule has 2 rings (SSSR count). The van der Waals surface area contributed by atoms with Gasteiger partial charge in [0.2, 0.25) is 0 Å². The number of hydrogen-bond donors (Lipinski definition) is 0. The van der Waals surface area contributed by atoms with E-state index in [1.54, 1.807) is 0 Å². The van der Waals surface area contributed by atoms with Crippen LogP contribution in [0.25, 0.3) is 0 Å². The monoisotopic (exact) mass is 340 g/mol. The lowest BCUT2D eigenvalue weighted by molar-refractivity contribution is 0.211. The van der Waals surface area contributed by atoms with Gasteiger partial charge in [-0.1, -0.05) is 102 Å². The Bertz CT molecular complexity index is 574. The van der Waals surface area contributed by atoms with Crippen LogP contribution in [0.15, 0.2) is 60.7 Å². The zero-order valence-corrected chi connectivity index (χ0v) is 17.0. The van der Waals surface area contributed by atoms with E-state index < -0.39 is 8.32 Å². The molecule has 2 aromatic rings. The molecule has 0 spiro atoms. The van der Waals surface area contributed by atoms with E-state index in [1.165, 1.54) is 10.4 Å². The van der Waals surface area contributed by atoms with Crippen molar-refractivity contribution in [3.63, 3.8) is 0 Å². The van der Waals surface area contributed by atoms with E-state index in [4.69, 9.17) is 4.43 Å². The molecule has 1 atom stereocenters. The van der Waals surface area contributed by atoms with E-state index in [9.17, 15) is 0 Å². The Balaban J connectivity index is 2.57. The third-order valence-corrected chi connectivity index (χ3v) is 10.1. The summed E-state index contributed by atoms with van der Waals surface area (Å²) >= 11 is 0. The minimum Gasteiger partial charge on any atom is -0.407 e. The Morgan fingerprint density at radius 3 is 1.54 bits per heavy atom. The fourth-order valence-corrected chi connectivity index (χ4v) is 7.88. The summed E-state index contributed by atoms with van der Waals surface area (Å²) in [5.41, 5.74) is 0. The van der Waals surface area contributed by atoms with Crippen molar-refractivity contribution in [2.45, 2.75) is 46.6 Å². The van der Waals surface area contributed by atoms with Crippen molar-refractivity contribution in [1.29, 1.82) is 0 Å². The molecule has 0 fully saturated rings. The van der Waals surface area contributed by atoms with Crippen LogP contribution in [-0.2, 0) is 4.43 Å². The number of rotatable bonds is 6. The molecule has 0 aliphatic rings. The van der Waals surface area contributed by atoms with Crippen molar-refractivity contribution in [2.75, 3.05) is 6.61 Å². The summed E-state index contributed by atoms with van der Waals surface area (Å²) in [5, 5.41) is 2.78. The first-order valence-corrected chi connectivity index (χ1v) is 10.9. The molecule has 0 amide bonds. The van der Waals surface area contributed by atoms with Crippen molar-refractivity contribution >= 4 is 18.7 Å². The first kappa shape index (κ1) is 18.9. The van der Waals surface area contributed by atoms with Gasteiger partial charge < -0.3 is 4.43 Å². The minimum atomic E-state index is -2.36.